The van der Waals surface area contributed by atoms with Crippen LogP contribution in [-0.2, 0) is 7.05 Å². The third kappa shape index (κ3) is 2.58. The van der Waals surface area contributed by atoms with Crippen LogP contribution in [0.3, 0.4) is 0 Å². The topological polar surface area (TPSA) is 96.4 Å². The zero-order chi connectivity index (χ0) is 15.0. The number of rotatable bonds is 2. The van der Waals surface area contributed by atoms with Gasteiger partial charge in [0.15, 0.2) is 0 Å². The fraction of sp³-hybridized carbons (Fsp3) is 0.429. The van der Waals surface area contributed by atoms with E-state index in [1.165, 1.54) is 0 Å². The Hall–Kier alpha value is -2.44. The summed E-state index contributed by atoms with van der Waals surface area (Å²) < 4.78 is 2.03. The summed E-state index contributed by atoms with van der Waals surface area (Å²) in [5.74, 6) is 0.854. The van der Waals surface area contributed by atoms with Crippen LogP contribution in [0.4, 0.5) is 16.4 Å². The van der Waals surface area contributed by atoms with Crippen LogP contribution < -0.4 is 16.0 Å². The predicted molar refractivity (Wildman–Crippen MR) is 81.5 cm³/mol. The summed E-state index contributed by atoms with van der Waals surface area (Å²) in [5, 5.41) is 11.4. The number of nitrogens with zero attached hydrogens (tertiary/aromatic N) is 3. The molecule has 1 aliphatic heterocycles. The van der Waals surface area contributed by atoms with Gasteiger partial charge in [0.05, 0.1) is 11.0 Å². The minimum Gasteiger partial charge on any atom is -0.465 e. The molecule has 1 aliphatic rings. The van der Waals surface area contributed by atoms with Crippen LogP contribution in [0.1, 0.15) is 12.8 Å². The van der Waals surface area contributed by atoms with Crippen molar-refractivity contribution in [3.8, 4) is 0 Å². The Bertz CT molecular complexity index is 681. The summed E-state index contributed by atoms with van der Waals surface area (Å²) >= 11 is 0. The number of nitrogens with two attached hydrogens (primary N) is 1. The van der Waals surface area contributed by atoms with E-state index in [0.717, 1.165) is 36.4 Å². The third-order valence-corrected chi connectivity index (χ3v) is 3.91. The zero-order valence-corrected chi connectivity index (χ0v) is 11.9. The molecule has 7 heteroatoms. The van der Waals surface area contributed by atoms with Gasteiger partial charge in [0.2, 0.25) is 5.95 Å². The number of amides is 1. The van der Waals surface area contributed by atoms with Crippen LogP contribution in [0, 0.1) is 0 Å². The highest BCUT2D eigenvalue weighted by Gasteiger charge is 2.24. The normalized spacial score (nSPS) is 18.9. The predicted octanol–water partition coefficient (Wildman–Crippen LogP) is 1.39. The van der Waals surface area contributed by atoms with E-state index in [9.17, 15) is 4.79 Å². The van der Waals surface area contributed by atoms with E-state index in [2.05, 4.69) is 15.2 Å². The first-order valence-corrected chi connectivity index (χ1v) is 7.01. The summed E-state index contributed by atoms with van der Waals surface area (Å²) in [6.45, 7) is 1.52. The molecule has 0 aliphatic carbocycles. The fourth-order valence-electron chi connectivity index (χ4n) is 2.94. The van der Waals surface area contributed by atoms with E-state index in [1.807, 2.05) is 29.8 Å². The van der Waals surface area contributed by atoms with Crippen molar-refractivity contribution in [3.05, 3.63) is 18.2 Å². The number of hydrogen-bond donors (Lipinski definition) is 3. The maximum Gasteiger partial charge on any atom is 0.404 e. The van der Waals surface area contributed by atoms with Gasteiger partial charge in [0, 0.05) is 31.9 Å². The molecule has 3 rings (SSSR count). The van der Waals surface area contributed by atoms with Crippen LogP contribution in [0.5, 0.6) is 0 Å². The van der Waals surface area contributed by atoms with Gasteiger partial charge >= 0.3 is 6.09 Å². The standard InChI is InChI=1S/C14H19N5O2/c1-18-12-5-4-9(15)7-11(12)17-13(18)19-6-2-3-10(8-19)16-14(20)21/h4-5,7,10,16H,2-3,6,8,15H2,1H3,(H,20,21)/t10-/m1/s1. The third-order valence-electron chi connectivity index (χ3n) is 3.91. The number of piperidine rings is 1. The maximum absolute atomic E-state index is 10.8. The molecule has 7 nitrogen and oxygen atoms in total. The van der Waals surface area contributed by atoms with E-state index < -0.39 is 6.09 Å². The Morgan fingerprint density at radius 1 is 1.52 bits per heavy atom. The van der Waals surface area contributed by atoms with E-state index in [4.69, 9.17) is 10.8 Å². The van der Waals surface area contributed by atoms with Crippen molar-refractivity contribution in [1.82, 2.24) is 14.9 Å². The lowest BCUT2D eigenvalue weighted by Gasteiger charge is -2.33. The number of carboxylic acid groups (broad SMARTS) is 1. The highest BCUT2D eigenvalue weighted by Crippen LogP contribution is 2.25. The van der Waals surface area contributed by atoms with Gasteiger partial charge in [-0.3, -0.25) is 0 Å². The molecule has 0 saturated carbocycles. The first-order valence-electron chi connectivity index (χ1n) is 7.01. The van der Waals surface area contributed by atoms with Crippen LogP contribution >= 0.6 is 0 Å². The molecule has 1 aromatic carbocycles. The number of nitrogens with one attached hydrogen (secondary N) is 1. The molecule has 1 saturated heterocycles. The van der Waals surface area contributed by atoms with E-state index in [-0.39, 0.29) is 6.04 Å². The van der Waals surface area contributed by atoms with Crippen molar-refractivity contribution in [2.75, 3.05) is 23.7 Å². The van der Waals surface area contributed by atoms with E-state index in [1.54, 1.807) is 0 Å². The number of aryl methyl sites for hydroxylation is 1. The van der Waals surface area contributed by atoms with Gasteiger partial charge < -0.3 is 25.6 Å². The average Bonchev–Trinajstić information content (AvgIpc) is 2.75. The van der Waals surface area contributed by atoms with Gasteiger partial charge in [-0.25, -0.2) is 9.78 Å². The summed E-state index contributed by atoms with van der Waals surface area (Å²) in [6.07, 6.45) is 0.829. The molecule has 2 aromatic rings. The highest BCUT2D eigenvalue weighted by atomic mass is 16.4. The van der Waals surface area contributed by atoms with Crippen molar-refractivity contribution in [1.29, 1.82) is 0 Å². The van der Waals surface area contributed by atoms with Crippen LogP contribution in [-0.4, -0.2) is 39.9 Å². The number of nitrogen functional groups attached to an aromatic ring is 1. The van der Waals surface area contributed by atoms with Gasteiger partial charge in [-0.05, 0) is 31.0 Å². The second kappa shape index (κ2) is 5.16. The number of hydrogen-bond acceptors (Lipinski definition) is 4. The molecule has 0 bridgehead atoms. The van der Waals surface area contributed by atoms with Gasteiger partial charge in [0.1, 0.15) is 0 Å². The minimum absolute atomic E-state index is 0.0545. The number of fused-ring (bicyclic) bond motifs is 1. The number of imidazole rings is 1. The van der Waals surface area contributed by atoms with Crippen LogP contribution in [0.25, 0.3) is 11.0 Å². The van der Waals surface area contributed by atoms with Gasteiger partial charge in [0.25, 0.3) is 0 Å². The second-order valence-corrected chi connectivity index (χ2v) is 5.45. The molecule has 1 amide bonds. The number of aromatic nitrogens is 2. The molecule has 0 unspecified atom stereocenters. The molecule has 1 fully saturated rings. The minimum atomic E-state index is -0.973. The quantitative estimate of drug-likeness (QED) is 0.726. The molecule has 2 heterocycles. The molecule has 0 spiro atoms. The summed E-state index contributed by atoms with van der Waals surface area (Å²) in [5.41, 5.74) is 8.37. The summed E-state index contributed by atoms with van der Waals surface area (Å²) in [4.78, 5) is 17.6. The molecule has 1 atom stereocenters. The fourth-order valence-corrected chi connectivity index (χ4v) is 2.94. The monoisotopic (exact) mass is 289 g/mol. The maximum atomic E-state index is 10.8. The van der Waals surface area contributed by atoms with Crippen LogP contribution in [0.2, 0.25) is 0 Å². The van der Waals surface area contributed by atoms with Crippen LogP contribution in [0.15, 0.2) is 18.2 Å². The Kier molecular flexibility index (Phi) is 3.32. The second-order valence-electron chi connectivity index (χ2n) is 5.45. The van der Waals surface area contributed by atoms with Crippen molar-refractivity contribution in [3.63, 3.8) is 0 Å². The molecule has 0 radical (unpaired) electrons. The first-order chi connectivity index (χ1) is 10.0. The van der Waals surface area contributed by atoms with Gasteiger partial charge in [-0.15, -0.1) is 0 Å². The zero-order valence-electron chi connectivity index (χ0n) is 11.9. The lowest BCUT2D eigenvalue weighted by molar-refractivity contribution is 0.188. The van der Waals surface area contributed by atoms with E-state index >= 15 is 0 Å². The lowest BCUT2D eigenvalue weighted by Crippen LogP contribution is -2.48. The summed E-state index contributed by atoms with van der Waals surface area (Å²) in [7, 11) is 1.97. The smallest absolute Gasteiger partial charge is 0.404 e. The Balaban J connectivity index is 1.89. The SMILES string of the molecule is Cn1c(N2CCC[C@@H](NC(=O)O)C2)nc2cc(N)ccc21. The average molecular weight is 289 g/mol. The summed E-state index contributed by atoms with van der Waals surface area (Å²) in [6, 6.07) is 5.62. The Labute approximate surface area is 122 Å². The van der Waals surface area contributed by atoms with E-state index in [0.29, 0.717) is 12.2 Å². The molecule has 1 aromatic heterocycles. The van der Waals surface area contributed by atoms with Gasteiger partial charge in [-0.2, -0.15) is 0 Å². The molecule has 4 N–H and O–H groups in total. The van der Waals surface area contributed by atoms with Gasteiger partial charge in [-0.1, -0.05) is 0 Å². The van der Waals surface area contributed by atoms with Crippen molar-refractivity contribution < 1.29 is 9.90 Å². The largest absolute Gasteiger partial charge is 0.465 e. The van der Waals surface area contributed by atoms with Crippen molar-refractivity contribution in [2.24, 2.45) is 7.05 Å². The highest BCUT2D eigenvalue weighted by molar-refractivity contribution is 5.82. The first kappa shape index (κ1) is 13.5. The van der Waals surface area contributed by atoms with Crippen molar-refractivity contribution >= 4 is 28.8 Å². The number of anilines is 2. The molecular weight excluding hydrogens is 270 g/mol. The molecule has 21 heavy (non-hydrogen) atoms. The number of carbonyl (C=O) groups is 1. The Morgan fingerprint density at radius 2 is 2.33 bits per heavy atom. The lowest BCUT2D eigenvalue weighted by atomic mass is 10.1. The molecule has 112 valence electrons. The molecular formula is C14H19N5O2. The van der Waals surface area contributed by atoms with Crippen molar-refractivity contribution in [2.45, 2.75) is 18.9 Å². The Morgan fingerprint density at radius 3 is 3.10 bits per heavy atom. The number of benzene rings is 1.